The number of nitrogens with zero attached hydrogens (tertiary/aromatic N) is 1. The molecule has 20 heavy (non-hydrogen) atoms. The van der Waals surface area contributed by atoms with Gasteiger partial charge in [-0.15, -0.1) is 11.6 Å². The molecule has 0 saturated heterocycles. The highest BCUT2D eigenvalue weighted by Crippen LogP contribution is 2.26. The van der Waals surface area contributed by atoms with Crippen LogP contribution >= 0.6 is 34.2 Å². The molecule has 1 unspecified atom stereocenters. The van der Waals surface area contributed by atoms with Crippen molar-refractivity contribution in [3.8, 4) is 0 Å². The maximum Gasteiger partial charge on any atom is 0.0705 e. The van der Waals surface area contributed by atoms with Gasteiger partial charge in [0.1, 0.15) is 0 Å². The second kappa shape index (κ2) is 6.10. The second-order valence-corrected chi connectivity index (χ2v) is 6.49. The number of hydrogen-bond donors (Lipinski definition) is 0. The van der Waals surface area contributed by atoms with Gasteiger partial charge in [0, 0.05) is 21.1 Å². The van der Waals surface area contributed by atoms with E-state index in [1.54, 1.807) is 0 Å². The average Bonchev–Trinajstić information content (AvgIpc) is 2.47. The lowest BCUT2D eigenvalue weighted by Crippen LogP contribution is -1.98. The Morgan fingerprint density at radius 3 is 2.70 bits per heavy atom. The summed E-state index contributed by atoms with van der Waals surface area (Å²) in [4.78, 5) is 4.68. The molecule has 100 valence electrons. The maximum absolute atomic E-state index is 6.52. The molecular formula is C17H13ClIN. The first-order valence-corrected chi connectivity index (χ1v) is 7.98. The van der Waals surface area contributed by atoms with Crippen molar-refractivity contribution < 1.29 is 0 Å². The molecule has 1 aromatic heterocycles. The van der Waals surface area contributed by atoms with Crippen molar-refractivity contribution in [3.05, 3.63) is 75.5 Å². The molecule has 0 aliphatic heterocycles. The van der Waals surface area contributed by atoms with Gasteiger partial charge in [-0.1, -0.05) is 36.4 Å². The fraction of sp³-hybridized carbons (Fsp3) is 0.118. The molecule has 3 aromatic rings. The lowest BCUT2D eigenvalue weighted by Gasteiger charge is -2.10. The Bertz CT molecular complexity index is 742. The van der Waals surface area contributed by atoms with Gasteiger partial charge in [-0.05, 0) is 52.4 Å². The number of pyridine rings is 1. The third kappa shape index (κ3) is 3.13. The largest absolute Gasteiger partial charge is 0.253 e. The van der Waals surface area contributed by atoms with Crippen LogP contribution in [0.3, 0.4) is 0 Å². The topological polar surface area (TPSA) is 12.9 Å². The van der Waals surface area contributed by atoms with Crippen LogP contribution in [0.1, 0.15) is 16.6 Å². The molecule has 1 atom stereocenters. The number of benzene rings is 2. The third-order valence-corrected chi connectivity index (χ3v) is 4.33. The van der Waals surface area contributed by atoms with Crippen molar-refractivity contribution >= 4 is 45.1 Å². The van der Waals surface area contributed by atoms with Crippen molar-refractivity contribution in [1.82, 2.24) is 4.98 Å². The summed E-state index contributed by atoms with van der Waals surface area (Å²) < 4.78 is 1.21. The molecule has 0 aliphatic rings. The minimum Gasteiger partial charge on any atom is -0.253 e. The van der Waals surface area contributed by atoms with Gasteiger partial charge in [-0.3, -0.25) is 4.98 Å². The minimum absolute atomic E-state index is 0.0432. The SMILES string of the molecule is ClC(Cc1ccc2ccccc2n1)c1cccc(I)c1. The summed E-state index contributed by atoms with van der Waals surface area (Å²) in [7, 11) is 0. The summed E-state index contributed by atoms with van der Waals surface area (Å²) in [5.74, 6) is 0. The Kier molecular flexibility index (Phi) is 4.22. The van der Waals surface area contributed by atoms with Gasteiger partial charge in [0.2, 0.25) is 0 Å². The normalized spacial score (nSPS) is 12.5. The van der Waals surface area contributed by atoms with E-state index in [-0.39, 0.29) is 5.38 Å². The summed E-state index contributed by atoms with van der Waals surface area (Å²) in [6.45, 7) is 0. The van der Waals surface area contributed by atoms with E-state index in [0.29, 0.717) is 0 Å². The summed E-state index contributed by atoms with van der Waals surface area (Å²) in [6.07, 6.45) is 0.743. The van der Waals surface area contributed by atoms with Crippen LogP contribution < -0.4 is 0 Å². The number of hydrogen-bond acceptors (Lipinski definition) is 1. The number of alkyl halides is 1. The van der Waals surface area contributed by atoms with Crippen LogP contribution in [0.4, 0.5) is 0 Å². The minimum atomic E-state index is -0.0432. The molecular weight excluding hydrogens is 381 g/mol. The van der Waals surface area contributed by atoms with Gasteiger partial charge in [-0.2, -0.15) is 0 Å². The van der Waals surface area contributed by atoms with Crippen molar-refractivity contribution in [1.29, 1.82) is 0 Å². The van der Waals surface area contributed by atoms with Gasteiger partial charge >= 0.3 is 0 Å². The van der Waals surface area contributed by atoms with Crippen molar-refractivity contribution in [2.24, 2.45) is 0 Å². The molecule has 0 bridgehead atoms. The highest BCUT2D eigenvalue weighted by Gasteiger charge is 2.10. The van der Waals surface area contributed by atoms with Crippen LogP contribution in [-0.2, 0) is 6.42 Å². The summed E-state index contributed by atoms with van der Waals surface area (Å²) in [5.41, 5.74) is 3.20. The van der Waals surface area contributed by atoms with E-state index in [2.05, 4.69) is 64.0 Å². The molecule has 3 heteroatoms. The van der Waals surface area contributed by atoms with E-state index in [1.165, 1.54) is 3.57 Å². The first-order valence-electron chi connectivity index (χ1n) is 6.46. The summed E-state index contributed by atoms with van der Waals surface area (Å²) in [5, 5.41) is 1.12. The first kappa shape index (κ1) is 13.8. The van der Waals surface area contributed by atoms with Crippen molar-refractivity contribution in [3.63, 3.8) is 0 Å². The van der Waals surface area contributed by atoms with E-state index >= 15 is 0 Å². The monoisotopic (exact) mass is 393 g/mol. The van der Waals surface area contributed by atoms with Crippen LogP contribution in [0.5, 0.6) is 0 Å². The lowest BCUT2D eigenvalue weighted by atomic mass is 10.1. The highest BCUT2D eigenvalue weighted by molar-refractivity contribution is 14.1. The van der Waals surface area contributed by atoms with Crippen LogP contribution in [0, 0.1) is 3.57 Å². The van der Waals surface area contributed by atoms with Gasteiger partial charge < -0.3 is 0 Å². The standard InChI is InChI=1S/C17H13ClIN/c18-16(13-5-3-6-14(19)10-13)11-15-9-8-12-4-1-2-7-17(12)20-15/h1-10,16H,11H2. The van der Waals surface area contributed by atoms with Gasteiger partial charge in [0.15, 0.2) is 0 Å². The average molecular weight is 394 g/mol. The van der Waals surface area contributed by atoms with Crippen LogP contribution in [-0.4, -0.2) is 4.98 Å². The summed E-state index contributed by atoms with van der Waals surface area (Å²) >= 11 is 8.83. The molecule has 0 saturated carbocycles. The van der Waals surface area contributed by atoms with Crippen molar-refractivity contribution in [2.75, 3.05) is 0 Å². The highest BCUT2D eigenvalue weighted by atomic mass is 127. The van der Waals surface area contributed by atoms with Crippen LogP contribution in [0.15, 0.2) is 60.7 Å². The molecule has 0 amide bonds. The van der Waals surface area contributed by atoms with Gasteiger partial charge in [0.25, 0.3) is 0 Å². The molecule has 2 aromatic carbocycles. The van der Waals surface area contributed by atoms with E-state index in [1.807, 2.05) is 24.3 Å². The first-order chi connectivity index (χ1) is 9.72. The lowest BCUT2D eigenvalue weighted by molar-refractivity contribution is 0.887. The number of rotatable bonds is 3. The molecule has 0 N–H and O–H groups in total. The zero-order chi connectivity index (χ0) is 13.9. The fourth-order valence-electron chi connectivity index (χ4n) is 2.22. The molecule has 1 nitrogen and oxygen atoms in total. The number of fused-ring (bicyclic) bond motifs is 1. The second-order valence-electron chi connectivity index (χ2n) is 4.72. The van der Waals surface area contributed by atoms with E-state index in [0.717, 1.165) is 28.6 Å². The van der Waals surface area contributed by atoms with E-state index in [9.17, 15) is 0 Å². The number of para-hydroxylation sites is 1. The fourth-order valence-corrected chi connectivity index (χ4v) is 3.09. The zero-order valence-electron chi connectivity index (χ0n) is 10.8. The third-order valence-electron chi connectivity index (χ3n) is 3.25. The predicted molar refractivity (Wildman–Crippen MR) is 93.2 cm³/mol. The smallest absolute Gasteiger partial charge is 0.0705 e. The van der Waals surface area contributed by atoms with Crippen LogP contribution in [0.25, 0.3) is 10.9 Å². The van der Waals surface area contributed by atoms with Crippen LogP contribution in [0.2, 0.25) is 0 Å². The Morgan fingerprint density at radius 1 is 1.00 bits per heavy atom. The molecule has 1 heterocycles. The van der Waals surface area contributed by atoms with Crippen molar-refractivity contribution in [2.45, 2.75) is 11.8 Å². The summed E-state index contributed by atoms with van der Waals surface area (Å²) in [6, 6.07) is 20.6. The Labute approximate surface area is 137 Å². The maximum atomic E-state index is 6.52. The van der Waals surface area contributed by atoms with Gasteiger partial charge in [-0.25, -0.2) is 0 Å². The predicted octanol–water partition coefficient (Wildman–Crippen LogP) is 5.36. The Hall–Kier alpha value is -1.13. The van der Waals surface area contributed by atoms with E-state index < -0.39 is 0 Å². The quantitative estimate of drug-likeness (QED) is 0.431. The Morgan fingerprint density at radius 2 is 1.85 bits per heavy atom. The zero-order valence-corrected chi connectivity index (χ0v) is 13.7. The molecule has 0 spiro atoms. The number of aromatic nitrogens is 1. The Balaban J connectivity index is 1.85. The molecule has 0 radical (unpaired) electrons. The van der Waals surface area contributed by atoms with Gasteiger partial charge in [0.05, 0.1) is 10.9 Å². The molecule has 3 rings (SSSR count). The number of halogens is 2. The molecule has 0 aliphatic carbocycles. The van der Waals surface area contributed by atoms with E-state index in [4.69, 9.17) is 11.6 Å². The molecule has 0 fully saturated rings.